The van der Waals surface area contributed by atoms with Crippen LogP contribution in [0, 0.1) is 0 Å². The number of rotatable bonds is 7. The second-order valence-corrected chi connectivity index (χ2v) is 8.14. The van der Waals surface area contributed by atoms with Gasteiger partial charge in [-0.1, -0.05) is 67.3 Å². The average molecular weight is 405 g/mol. The van der Waals surface area contributed by atoms with Crippen LogP contribution in [0.1, 0.15) is 38.5 Å². The van der Waals surface area contributed by atoms with Gasteiger partial charge in [0.1, 0.15) is 0 Å². The zero-order chi connectivity index (χ0) is 19.1. The molecule has 1 aliphatic rings. The molecular weight excluding hydrogens is 380 g/mol. The van der Waals surface area contributed by atoms with Crippen LogP contribution in [-0.4, -0.2) is 32.5 Å². The van der Waals surface area contributed by atoms with E-state index in [1.807, 2.05) is 28.8 Å². The molecule has 0 aliphatic heterocycles. The molecule has 0 atom stereocenters. The maximum absolute atomic E-state index is 12.4. The van der Waals surface area contributed by atoms with Gasteiger partial charge in [-0.2, -0.15) is 0 Å². The second-order valence-electron chi connectivity index (χ2n) is 6.76. The highest BCUT2D eigenvalue weighted by atomic mass is 35.5. The molecule has 1 saturated carbocycles. The lowest BCUT2D eigenvalue weighted by Crippen LogP contribution is -2.35. The van der Waals surface area contributed by atoms with Gasteiger partial charge in [0.2, 0.25) is 5.91 Å². The summed E-state index contributed by atoms with van der Waals surface area (Å²) in [5.41, 5.74) is 0.895. The van der Waals surface area contributed by atoms with Gasteiger partial charge in [-0.3, -0.25) is 9.36 Å². The Kier molecular flexibility index (Phi) is 7.35. The first-order chi connectivity index (χ1) is 13.2. The first-order valence-electron chi connectivity index (χ1n) is 9.39. The molecule has 27 heavy (non-hydrogen) atoms. The third-order valence-corrected chi connectivity index (χ3v) is 5.87. The number of halogens is 1. The van der Waals surface area contributed by atoms with E-state index in [2.05, 4.69) is 22.1 Å². The van der Waals surface area contributed by atoms with Gasteiger partial charge in [-0.05, 0) is 25.0 Å². The molecule has 1 amide bonds. The number of nitrogens with one attached hydrogen (secondary N) is 1. The molecule has 0 bridgehead atoms. The molecular formula is C20H25ClN4OS. The van der Waals surface area contributed by atoms with Crippen molar-refractivity contribution >= 4 is 29.3 Å². The standard InChI is InChI=1S/C20H25ClN4OS/c1-2-12-25-19(15-8-7-9-16(21)13-15)23-24-20(25)27-14-18(26)22-17-10-5-3-4-6-11-17/h2,7-9,13,17H,1,3-6,10-12,14H2,(H,22,26). The van der Waals surface area contributed by atoms with Crippen LogP contribution in [0.2, 0.25) is 5.02 Å². The van der Waals surface area contributed by atoms with E-state index in [1.54, 1.807) is 6.08 Å². The van der Waals surface area contributed by atoms with Crippen molar-refractivity contribution < 1.29 is 4.79 Å². The molecule has 1 heterocycles. The van der Waals surface area contributed by atoms with E-state index in [0.29, 0.717) is 28.5 Å². The van der Waals surface area contributed by atoms with Crippen molar-refractivity contribution in [3.05, 3.63) is 41.9 Å². The van der Waals surface area contributed by atoms with E-state index in [0.717, 1.165) is 24.2 Å². The van der Waals surface area contributed by atoms with Crippen LogP contribution in [0.4, 0.5) is 0 Å². The Hall–Kier alpha value is -1.79. The average Bonchev–Trinajstić information content (AvgIpc) is 2.87. The molecule has 3 rings (SSSR count). The quantitative estimate of drug-likeness (QED) is 0.412. The Bertz CT molecular complexity index is 784. The summed E-state index contributed by atoms with van der Waals surface area (Å²) in [6.45, 7) is 4.39. The fraction of sp³-hybridized carbons (Fsp3) is 0.450. The molecule has 7 heteroatoms. The minimum atomic E-state index is 0.0596. The number of benzene rings is 1. The van der Waals surface area contributed by atoms with Crippen molar-refractivity contribution in [2.75, 3.05) is 5.75 Å². The predicted octanol–water partition coefficient (Wildman–Crippen LogP) is 4.72. The zero-order valence-electron chi connectivity index (χ0n) is 15.4. The number of hydrogen-bond donors (Lipinski definition) is 1. The summed E-state index contributed by atoms with van der Waals surface area (Å²) < 4.78 is 1.96. The lowest BCUT2D eigenvalue weighted by Gasteiger charge is -2.16. The number of hydrogen-bond acceptors (Lipinski definition) is 4. The minimum absolute atomic E-state index is 0.0596. The summed E-state index contributed by atoms with van der Waals surface area (Å²) in [6.07, 6.45) is 8.93. The Morgan fingerprint density at radius 2 is 2.07 bits per heavy atom. The summed E-state index contributed by atoms with van der Waals surface area (Å²) in [5.74, 6) is 1.12. The highest BCUT2D eigenvalue weighted by molar-refractivity contribution is 7.99. The van der Waals surface area contributed by atoms with E-state index < -0.39 is 0 Å². The monoisotopic (exact) mass is 404 g/mol. The maximum Gasteiger partial charge on any atom is 0.230 e. The highest BCUT2D eigenvalue weighted by Crippen LogP contribution is 2.26. The summed E-state index contributed by atoms with van der Waals surface area (Å²) in [4.78, 5) is 12.4. The zero-order valence-corrected chi connectivity index (χ0v) is 16.9. The number of allylic oxidation sites excluding steroid dienone is 1. The van der Waals surface area contributed by atoms with E-state index in [4.69, 9.17) is 11.6 Å². The van der Waals surface area contributed by atoms with E-state index in [9.17, 15) is 4.79 Å². The summed E-state index contributed by atoms with van der Waals surface area (Å²) >= 11 is 7.51. The molecule has 0 spiro atoms. The maximum atomic E-state index is 12.4. The van der Waals surface area contributed by atoms with Gasteiger partial charge in [-0.15, -0.1) is 16.8 Å². The van der Waals surface area contributed by atoms with Crippen molar-refractivity contribution in [3.63, 3.8) is 0 Å². The Balaban J connectivity index is 1.65. The van der Waals surface area contributed by atoms with E-state index in [1.165, 1.54) is 37.4 Å². The summed E-state index contributed by atoms with van der Waals surface area (Å²) in [7, 11) is 0. The summed E-state index contributed by atoms with van der Waals surface area (Å²) in [5, 5.41) is 13.1. The van der Waals surface area contributed by atoms with Crippen LogP contribution >= 0.6 is 23.4 Å². The van der Waals surface area contributed by atoms with Crippen LogP contribution in [0.5, 0.6) is 0 Å². The van der Waals surface area contributed by atoms with Crippen LogP contribution < -0.4 is 5.32 Å². The van der Waals surface area contributed by atoms with E-state index in [-0.39, 0.29) is 5.91 Å². The molecule has 1 aromatic carbocycles. The van der Waals surface area contributed by atoms with Gasteiger partial charge >= 0.3 is 0 Å². The molecule has 0 unspecified atom stereocenters. The van der Waals surface area contributed by atoms with Crippen LogP contribution in [0.15, 0.2) is 42.1 Å². The third kappa shape index (κ3) is 5.59. The van der Waals surface area contributed by atoms with Gasteiger partial charge in [0, 0.05) is 23.2 Å². The van der Waals surface area contributed by atoms with Crippen LogP contribution in [0.25, 0.3) is 11.4 Å². The van der Waals surface area contributed by atoms with Gasteiger partial charge in [0.15, 0.2) is 11.0 Å². The molecule has 1 aliphatic carbocycles. The third-order valence-electron chi connectivity index (χ3n) is 4.66. The number of aromatic nitrogens is 3. The van der Waals surface area contributed by atoms with Crippen molar-refractivity contribution in [1.29, 1.82) is 0 Å². The minimum Gasteiger partial charge on any atom is -0.353 e. The Morgan fingerprint density at radius 1 is 1.30 bits per heavy atom. The fourth-order valence-electron chi connectivity index (χ4n) is 3.35. The second kappa shape index (κ2) is 9.95. The molecule has 1 N–H and O–H groups in total. The Labute approximate surface area is 169 Å². The first-order valence-corrected chi connectivity index (χ1v) is 10.8. The van der Waals surface area contributed by atoms with Gasteiger partial charge < -0.3 is 5.32 Å². The van der Waals surface area contributed by atoms with Gasteiger partial charge in [-0.25, -0.2) is 0 Å². The number of nitrogens with zero attached hydrogens (tertiary/aromatic N) is 3. The number of thioether (sulfide) groups is 1. The molecule has 1 aromatic heterocycles. The smallest absolute Gasteiger partial charge is 0.230 e. The fourth-order valence-corrected chi connectivity index (χ4v) is 4.30. The normalized spacial score (nSPS) is 15.3. The molecule has 0 saturated heterocycles. The predicted molar refractivity (Wildman–Crippen MR) is 111 cm³/mol. The highest BCUT2D eigenvalue weighted by Gasteiger charge is 2.18. The first kappa shape index (κ1) is 20.0. The molecule has 144 valence electrons. The molecule has 2 aromatic rings. The van der Waals surface area contributed by atoms with Crippen LogP contribution in [0.3, 0.4) is 0 Å². The molecule has 5 nitrogen and oxygen atoms in total. The van der Waals surface area contributed by atoms with Crippen molar-refractivity contribution in [2.24, 2.45) is 0 Å². The summed E-state index contributed by atoms with van der Waals surface area (Å²) in [6, 6.07) is 7.83. The van der Waals surface area contributed by atoms with Crippen LogP contribution in [-0.2, 0) is 11.3 Å². The van der Waals surface area contributed by atoms with Crippen molar-refractivity contribution in [2.45, 2.75) is 56.3 Å². The SMILES string of the molecule is C=CCn1c(SCC(=O)NC2CCCCCC2)nnc1-c1cccc(Cl)c1. The Morgan fingerprint density at radius 3 is 2.78 bits per heavy atom. The molecule has 1 fully saturated rings. The largest absolute Gasteiger partial charge is 0.353 e. The van der Waals surface area contributed by atoms with Gasteiger partial charge in [0.05, 0.1) is 5.75 Å². The topological polar surface area (TPSA) is 59.8 Å². The number of amides is 1. The van der Waals surface area contributed by atoms with Crippen molar-refractivity contribution in [3.8, 4) is 11.4 Å². The number of carbonyl (C=O) groups is 1. The lowest BCUT2D eigenvalue weighted by atomic mass is 10.1. The van der Waals surface area contributed by atoms with Gasteiger partial charge in [0.25, 0.3) is 0 Å². The lowest BCUT2D eigenvalue weighted by molar-refractivity contribution is -0.119. The van der Waals surface area contributed by atoms with Crippen molar-refractivity contribution in [1.82, 2.24) is 20.1 Å². The van der Waals surface area contributed by atoms with E-state index >= 15 is 0 Å². The molecule has 0 radical (unpaired) electrons. The number of carbonyl (C=O) groups excluding carboxylic acids is 1.